The Bertz CT molecular complexity index is 578. The third-order valence-electron chi connectivity index (χ3n) is 5.08. The lowest BCUT2D eigenvalue weighted by atomic mass is 9.46. The number of nitrogens with two attached hydrogens (primary N) is 1. The van der Waals surface area contributed by atoms with Gasteiger partial charge in [0, 0.05) is 30.3 Å². The van der Waals surface area contributed by atoms with Crippen molar-refractivity contribution in [3.8, 4) is 0 Å². The molecule has 3 atom stereocenters. The van der Waals surface area contributed by atoms with E-state index in [9.17, 15) is 4.79 Å². The summed E-state index contributed by atoms with van der Waals surface area (Å²) in [5.74, 6) is -0.0620. The Balaban J connectivity index is 1.85. The van der Waals surface area contributed by atoms with Crippen molar-refractivity contribution in [3.63, 3.8) is 0 Å². The summed E-state index contributed by atoms with van der Waals surface area (Å²) in [6.07, 6.45) is 5.26. The van der Waals surface area contributed by atoms with Gasteiger partial charge in [-0.25, -0.2) is 0 Å². The summed E-state index contributed by atoms with van der Waals surface area (Å²) in [5, 5.41) is 2.93. The third kappa shape index (κ3) is 2.04. The SMILES string of the molecule is CC1(C)C2OCCCC2C1(N)C(=O)Nc1ccncc1Br. The van der Waals surface area contributed by atoms with Gasteiger partial charge < -0.3 is 15.8 Å². The number of carbonyl (C=O) groups is 1. The van der Waals surface area contributed by atoms with Crippen molar-refractivity contribution in [3.05, 3.63) is 22.9 Å². The molecule has 1 aromatic rings. The van der Waals surface area contributed by atoms with Gasteiger partial charge in [-0.2, -0.15) is 0 Å². The van der Waals surface area contributed by atoms with E-state index in [0.717, 1.165) is 23.9 Å². The van der Waals surface area contributed by atoms with Crippen LogP contribution in [0.2, 0.25) is 0 Å². The molecule has 3 N–H and O–H groups in total. The molecule has 3 unspecified atom stereocenters. The predicted molar refractivity (Wildman–Crippen MR) is 83.7 cm³/mol. The van der Waals surface area contributed by atoms with Crippen LogP contribution in [-0.4, -0.2) is 29.1 Å². The Morgan fingerprint density at radius 2 is 2.33 bits per heavy atom. The Labute approximate surface area is 132 Å². The molecule has 2 aliphatic rings. The Morgan fingerprint density at radius 1 is 1.57 bits per heavy atom. The molecule has 1 amide bonds. The van der Waals surface area contributed by atoms with Crippen molar-refractivity contribution in [2.24, 2.45) is 17.1 Å². The topological polar surface area (TPSA) is 77.2 Å². The first-order valence-corrected chi connectivity index (χ1v) is 8.00. The van der Waals surface area contributed by atoms with Crippen molar-refractivity contribution in [1.82, 2.24) is 4.98 Å². The minimum absolute atomic E-state index is 0.0721. The number of hydrogen-bond acceptors (Lipinski definition) is 4. The molecule has 2 heterocycles. The second kappa shape index (κ2) is 5.04. The molecule has 1 aliphatic carbocycles. The zero-order valence-electron chi connectivity index (χ0n) is 12.2. The normalized spacial score (nSPS) is 33.7. The predicted octanol–water partition coefficient (Wildman–Crippen LogP) is 2.32. The van der Waals surface area contributed by atoms with E-state index in [2.05, 4.69) is 26.2 Å². The smallest absolute Gasteiger partial charge is 0.245 e. The number of fused-ring (bicyclic) bond motifs is 1. The van der Waals surface area contributed by atoms with Crippen LogP contribution < -0.4 is 11.1 Å². The quantitative estimate of drug-likeness (QED) is 0.855. The van der Waals surface area contributed by atoms with Gasteiger partial charge in [0.25, 0.3) is 0 Å². The summed E-state index contributed by atoms with van der Waals surface area (Å²) >= 11 is 3.39. The Morgan fingerprint density at radius 3 is 3.05 bits per heavy atom. The highest BCUT2D eigenvalue weighted by molar-refractivity contribution is 9.10. The fourth-order valence-corrected chi connectivity index (χ4v) is 4.09. The highest BCUT2D eigenvalue weighted by atomic mass is 79.9. The van der Waals surface area contributed by atoms with Gasteiger partial charge in [0.05, 0.1) is 16.3 Å². The second-order valence-corrected chi connectivity index (χ2v) is 7.29. The molecule has 3 rings (SSSR count). The van der Waals surface area contributed by atoms with Crippen LogP contribution in [-0.2, 0) is 9.53 Å². The van der Waals surface area contributed by atoms with Gasteiger partial charge in [-0.05, 0) is 34.8 Å². The number of hydrogen-bond donors (Lipinski definition) is 2. The van der Waals surface area contributed by atoms with Crippen LogP contribution >= 0.6 is 15.9 Å². The van der Waals surface area contributed by atoms with Crippen molar-refractivity contribution < 1.29 is 9.53 Å². The number of rotatable bonds is 2. The number of ether oxygens (including phenoxy) is 1. The van der Waals surface area contributed by atoms with Crippen LogP contribution in [0.3, 0.4) is 0 Å². The molecule has 0 aromatic carbocycles. The number of halogens is 1. The number of nitrogens with zero attached hydrogens (tertiary/aromatic N) is 1. The zero-order chi connectivity index (χ0) is 15.3. The zero-order valence-corrected chi connectivity index (χ0v) is 13.8. The Kier molecular flexibility index (Phi) is 3.58. The molecule has 1 aromatic heterocycles. The average molecular weight is 354 g/mol. The van der Waals surface area contributed by atoms with E-state index in [1.165, 1.54) is 0 Å². The summed E-state index contributed by atoms with van der Waals surface area (Å²) in [6, 6.07) is 1.76. The van der Waals surface area contributed by atoms with Gasteiger partial charge in [-0.1, -0.05) is 13.8 Å². The van der Waals surface area contributed by atoms with Crippen LogP contribution in [0.1, 0.15) is 26.7 Å². The molecule has 0 bridgehead atoms. The maximum atomic E-state index is 12.8. The lowest BCUT2D eigenvalue weighted by molar-refractivity contribution is -0.222. The molecule has 114 valence electrons. The van der Waals surface area contributed by atoms with Gasteiger partial charge in [-0.3, -0.25) is 9.78 Å². The Hall–Kier alpha value is -0.980. The fourth-order valence-electron chi connectivity index (χ4n) is 3.74. The van der Waals surface area contributed by atoms with Crippen molar-refractivity contribution in [1.29, 1.82) is 0 Å². The number of aromatic nitrogens is 1. The standard InChI is InChI=1S/C15H20BrN3O2/c1-14(2)12-9(4-3-7-21-12)15(14,17)13(20)19-11-5-6-18-8-10(11)16/h5-6,8-9,12H,3-4,7,17H2,1-2H3,(H,18,19,20). The van der Waals surface area contributed by atoms with Crippen molar-refractivity contribution in [2.75, 3.05) is 11.9 Å². The molecule has 1 aliphatic heterocycles. The first kappa shape index (κ1) is 14.9. The van der Waals surface area contributed by atoms with Gasteiger partial charge in [-0.15, -0.1) is 0 Å². The molecule has 21 heavy (non-hydrogen) atoms. The monoisotopic (exact) mass is 353 g/mol. The first-order chi connectivity index (χ1) is 9.89. The van der Waals surface area contributed by atoms with Crippen LogP contribution in [0, 0.1) is 11.3 Å². The summed E-state index contributed by atoms with van der Waals surface area (Å²) in [7, 11) is 0. The minimum atomic E-state index is -0.902. The summed E-state index contributed by atoms with van der Waals surface area (Å²) in [4.78, 5) is 16.8. The molecule has 6 heteroatoms. The lowest BCUT2D eigenvalue weighted by Gasteiger charge is -2.65. The van der Waals surface area contributed by atoms with E-state index in [0.29, 0.717) is 5.69 Å². The van der Waals surface area contributed by atoms with Crippen LogP contribution in [0.15, 0.2) is 22.9 Å². The number of amides is 1. The van der Waals surface area contributed by atoms with Crippen molar-refractivity contribution in [2.45, 2.75) is 38.3 Å². The molecule has 1 saturated heterocycles. The first-order valence-electron chi connectivity index (χ1n) is 7.20. The molecular formula is C15H20BrN3O2. The number of carbonyl (C=O) groups excluding carboxylic acids is 1. The third-order valence-corrected chi connectivity index (χ3v) is 5.71. The summed E-state index contributed by atoms with van der Waals surface area (Å²) in [5.41, 5.74) is 5.97. The highest BCUT2D eigenvalue weighted by Crippen LogP contribution is 2.57. The summed E-state index contributed by atoms with van der Waals surface area (Å²) < 4.78 is 6.58. The van der Waals surface area contributed by atoms with E-state index in [4.69, 9.17) is 10.5 Å². The molecular weight excluding hydrogens is 334 g/mol. The summed E-state index contributed by atoms with van der Waals surface area (Å²) in [6.45, 7) is 4.79. The number of nitrogens with one attached hydrogen (secondary N) is 1. The van der Waals surface area contributed by atoms with Gasteiger partial charge in [0.1, 0.15) is 5.54 Å². The lowest BCUT2D eigenvalue weighted by Crippen LogP contribution is -2.81. The maximum Gasteiger partial charge on any atom is 0.245 e. The van der Waals surface area contributed by atoms with Crippen LogP contribution in [0.5, 0.6) is 0 Å². The van der Waals surface area contributed by atoms with E-state index >= 15 is 0 Å². The molecule has 2 fully saturated rings. The van der Waals surface area contributed by atoms with Crippen molar-refractivity contribution >= 4 is 27.5 Å². The highest BCUT2D eigenvalue weighted by Gasteiger charge is 2.70. The number of pyridine rings is 1. The van der Waals surface area contributed by atoms with Crippen LogP contribution in [0.4, 0.5) is 5.69 Å². The van der Waals surface area contributed by atoms with Gasteiger partial charge in [0.15, 0.2) is 0 Å². The van der Waals surface area contributed by atoms with E-state index in [1.54, 1.807) is 18.5 Å². The van der Waals surface area contributed by atoms with E-state index in [1.807, 2.05) is 13.8 Å². The van der Waals surface area contributed by atoms with Gasteiger partial charge in [0.2, 0.25) is 5.91 Å². The molecule has 0 spiro atoms. The minimum Gasteiger partial charge on any atom is -0.377 e. The van der Waals surface area contributed by atoms with E-state index < -0.39 is 5.54 Å². The largest absolute Gasteiger partial charge is 0.377 e. The van der Waals surface area contributed by atoms with E-state index in [-0.39, 0.29) is 23.3 Å². The number of anilines is 1. The second-order valence-electron chi connectivity index (χ2n) is 6.44. The molecule has 5 nitrogen and oxygen atoms in total. The maximum absolute atomic E-state index is 12.8. The fraction of sp³-hybridized carbons (Fsp3) is 0.600. The molecule has 0 radical (unpaired) electrons. The van der Waals surface area contributed by atoms with Crippen LogP contribution in [0.25, 0.3) is 0 Å². The molecule has 1 saturated carbocycles. The van der Waals surface area contributed by atoms with Gasteiger partial charge >= 0.3 is 0 Å². The average Bonchev–Trinajstić information content (AvgIpc) is 2.48.